The van der Waals surface area contributed by atoms with Crippen LogP contribution >= 0.6 is 11.3 Å². The Labute approximate surface area is 104 Å². The summed E-state index contributed by atoms with van der Waals surface area (Å²) in [6.45, 7) is 2.05. The van der Waals surface area contributed by atoms with Gasteiger partial charge < -0.3 is 5.11 Å². The molecule has 0 saturated heterocycles. The number of nitrogens with one attached hydrogen (secondary N) is 1. The summed E-state index contributed by atoms with van der Waals surface area (Å²) < 4.78 is 26.5. The van der Waals surface area contributed by atoms with Gasteiger partial charge in [0.2, 0.25) is 10.0 Å². The summed E-state index contributed by atoms with van der Waals surface area (Å²) >= 11 is 0.797. The number of sulfonamides is 1. The van der Waals surface area contributed by atoms with Crippen molar-refractivity contribution < 1.29 is 18.3 Å². The molecule has 17 heavy (non-hydrogen) atoms. The van der Waals surface area contributed by atoms with E-state index in [4.69, 9.17) is 5.11 Å². The number of aromatic carboxylic acids is 1. The molecule has 0 unspecified atom stereocenters. The molecule has 1 aliphatic rings. The van der Waals surface area contributed by atoms with Gasteiger partial charge in [-0.15, -0.1) is 11.3 Å². The summed E-state index contributed by atoms with van der Waals surface area (Å²) in [5.41, 5.74) is 0.482. The highest BCUT2D eigenvalue weighted by Gasteiger charge is 2.26. The highest BCUT2D eigenvalue weighted by atomic mass is 32.2. The molecule has 0 radical (unpaired) electrons. The Morgan fingerprint density at radius 3 is 2.71 bits per heavy atom. The van der Waals surface area contributed by atoms with Gasteiger partial charge in [-0.3, -0.25) is 0 Å². The van der Waals surface area contributed by atoms with Crippen LogP contribution in [0.3, 0.4) is 0 Å². The molecule has 0 aliphatic heterocycles. The van der Waals surface area contributed by atoms with Crippen molar-refractivity contribution >= 4 is 27.3 Å². The molecule has 0 bridgehead atoms. The fraction of sp³-hybridized carbons (Fsp3) is 0.500. The Morgan fingerprint density at radius 1 is 1.59 bits per heavy atom. The van der Waals surface area contributed by atoms with Gasteiger partial charge in [0, 0.05) is 6.54 Å². The minimum atomic E-state index is -3.55. The molecule has 2 N–H and O–H groups in total. The maximum Gasteiger partial charge on any atom is 0.345 e. The summed E-state index contributed by atoms with van der Waals surface area (Å²) in [4.78, 5) is 10.8. The molecule has 5 nitrogen and oxygen atoms in total. The molecule has 0 spiro atoms. The van der Waals surface area contributed by atoms with E-state index in [1.807, 2.05) is 0 Å². The lowest BCUT2D eigenvalue weighted by Crippen LogP contribution is -2.25. The molecule has 7 heteroatoms. The second kappa shape index (κ2) is 4.40. The third-order valence-electron chi connectivity index (χ3n) is 2.59. The van der Waals surface area contributed by atoms with Crippen LogP contribution in [0, 0.1) is 12.8 Å². The molecule has 1 aliphatic carbocycles. The van der Waals surface area contributed by atoms with Crippen molar-refractivity contribution in [2.24, 2.45) is 5.92 Å². The highest BCUT2D eigenvalue weighted by Crippen LogP contribution is 2.30. The summed E-state index contributed by atoms with van der Waals surface area (Å²) in [5, 5.41) is 8.81. The molecule has 1 aromatic heterocycles. The van der Waals surface area contributed by atoms with Crippen molar-refractivity contribution in [1.82, 2.24) is 4.72 Å². The van der Waals surface area contributed by atoms with E-state index in [0.29, 0.717) is 18.0 Å². The Bertz CT molecular complexity index is 543. The van der Waals surface area contributed by atoms with Gasteiger partial charge in [0.15, 0.2) is 0 Å². The third kappa shape index (κ3) is 2.85. The molecular formula is C10H13NO4S2. The van der Waals surface area contributed by atoms with Crippen LogP contribution in [0.2, 0.25) is 0 Å². The SMILES string of the molecule is Cc1cc(C(=O)O)sc1S(=O)(=O)NCC1CC1. The third-order valence-corrected chi connectivity index (χ3v) is 5.87. The predicted molar refractivity (Wildman–Crippen MR) is 63.9 cm³/mol. The van der Waals surface area contributed by atoms with E-state index in [-0.39, 0.29) is 9.09 Å². The predicted octanol–water partition coefficient (Wildman–Crippen LogP) is 1.44. The van der Waals surface area contributed by atoms with Crippen LogP contribution < -0.4 is 4.72 Å². The van der Waals surface area contributed by atoms with E-state index < -0.39 is 16.0 Å². The summed E-state index contributed by atoms with van der Waals surface area (Å²) in [6.07, 6.45) is 2.12. The Kier molecular flexibility index (Phi) is 3.24. The van der Waals surface area contributed by atoms with Crippen molar-refractivity contribution in [1.29, 1.82) is 0 Å². The zero-order valence-electron chi connectivity index (χ0n) is 9.26. The summed E-state index contributed by atoms with van der Waals surface area (Å²) in [5.74, 6) is -0.647. The zero-order valence-corrected chi connectivity index (χ0v) is 10.9. The van der Waals surface area contributed by atoms with Crippen LogP contribution in [-0.2, 0) is 10.0 Å². The minimum absolute atomic E-state index is 0.0503. The van der Waals surface area contributed by atoms with Gasteiger partial charge in [0.1, 0.15) is 9.09 Å². The molecule has 0 atom stereocenters. The van der Waals surface area contributed by atoms with E-state index >= 15 is 0 Å². The Balaban J connectivity index is 2.21. The highest BCUT2D eigenvalue weighted by molar-refractivity contribution is 7.91. The van der Waals surface area contributed by atoms with E-state index in [9.17, 15) is 13.2 Å². The lowest BCUT2D eigenvalue weighted by Gasteiger charge is -2.04. The van der Waals surface area contributed by atoms with Crippen LogP contribution in [0.25, 0.3) is 0 Å². The lowest BCUT2D eigenvalue weighted by atomic mass is 10.3. The fourth-order valence-corrected chi connectivity index (χ4v) is 4.15. The number of hydrogen-bond donors (Lipinski definition) is 2. The van der Waals surface area contributed by atoms with Gasteiger partial charge in [0.25, 0.3) is 0 Å². The quantitative estimate of drug-likeness (QED) is 0.851. The number of thiophene rings is 1. The van der Waals surface area contributed by atoms with Crippen LogP contribution in [-0.4, -0.2) is 26.0 Å². The lowest BCUT2D eigenvalue weighted by molar-refractivity contribution is 0.0702. The average Bonchev–Trinajstić information content (AvgIpc) is 2.97. The Hall–Kier alpha value is -0.920. The van der Waals surface area contributed by atoms with E-state index in [1.165, 1.54) is 6.07 Å². The van der Waals surface area contributed by atoms with Crippen molar-refractivity contribution in [3.05, 3.63) is 16.5 Å². The first-order chi connectivity index (χ1) is 7.90. The zero-order chi connectivity index (χ0) is 12.6. The standard InChI is InChI=1S/C10H13NO4S2/c1-6-4-8(9(12)13)16-10(6)17(14,15)11-5-7-2-3-7/h4,7,11H,2-3,5H2,1H3,(H,12,13). The van der Waals surface area contributed by atoms with Gasteiger partial charge >= 0.3 is 5.97 Å². The van der Waals surface area contributed by atoms with Crippen LogP contribution in [0.5, 0.6) is 0 Å². The van der Waals surface area contributed by atoms with Crippen LogP contribution in [0.4, 0.5) is 0 Å². The van der Waals surface area contributed by atoms with Crippen LogP contribution in [0.15, 0.2) is 10.3 Å². The van der Waals surface area contributed by atoms with Gasteiger partial charge in [-0.05, 0) is 37.3 Å². The van der Waals surface area contributed by atoms with Crippen LogP contribution in [0.1, 0.15) is 28.1 Å². The van der Waals surface area contributed by atoms with Gasteiger partial charge in [-0.25, -0.2) is 17.9 Å². The summed E-state index contributed by atoms with van der Waals surface area (Å²) in [7, 11) is -3.55. The number of carboxylic acids is 1. The maximum atomic E-state index is 11.9. The first-order valence-electron chi connectivity index (χ1n) is 5.23. The fourth-order valence-electron chi connectivity index (χ4n) is 1.45. The molecule has 1 saturated carbocycles. The van der Waals surface area contributed by atoms with E-state index in [2.05, 4.69) is 4.72 Å². The molecule has 1 heterocycles. The second-order valence-corrected chi connectivity index (χ2v) is 7.20. The monoisotopic (exact) mass is 275 g/mol. The molecule has 1 aromatic rings. The molecular weight excluding hydrogens is 262 g/mol. The molecule has 2 rings (SSSR count). The van der Waals surface area contributed by atoms with Crippen molar-refractivity contribution in [2.75, 3.05) is 6.54 Å². The maximum absolute atomic E-state index is 11.9. The number of carboxylic acid groups (broad SMARTS) is 1. The minimum Gasteiger partial charge on any atom is -0.477 e. The molecule has 0 aromatic carbocycles. The van der Waals surface area contributed by atoms with Crippen molar-refractivity contribution in [3.63, 3.8) is 0 Å². The molecule has 1 fully saturated rings. The van der Waals surface area contributed by atoms with Gasteiger partial charge in [-0.1, -0.05) is 0 Å². The summed E-state index contributed by atoms with van der Waals surface area (Å²) in [6, 6.07) is 1.39. The van der Waals surface area contributed by atoms with Crippen molar-refractivity contribution in [2.45, 2.75) is 24.0 Å². The normalized spacial score (nSPS) is 16.1. The van der Waals surface area contributed by atoms with E-state index in [0.717, 1.165) is 24.2 Å². The van der Waals surface area contributed by atoms with E-state index in [1.54, 1.807) is 6.92 Å². The number of hydrogen-bond acceptors (Lipinski definition) is 4. The topological polar surface area (TPSA) is 83.5 Å². The average molecular weight is 275 g/mol. The Morgan fingerprint density at radius 2 is 2.24 bits per heavy atom. The first kappa shape index (κ1) is 12.5. The van der Waals surface area contributed by atoms with Gasteiger partial charge in [0.05, 0.1) is 0 Å². The molecule has 0 amide bonds. The van der Waals surface area contributed by atoms with Gasteiger partial charge in [-0.2, -0.15) is 0 Å². The smallest absolute Gasteiger partial charge is 0.345 e. The first-order valence-corrected chi connectivity index (χ1v) is 7.53. The second-order valence-electron chi connectivity index (χ2n) is 4.18. The number of carbonyl (C=O) groups is 1. The van der Waals surface area contributed by atoms with Crippen molar-refractivity contribution in [3.8, 4) is 0 Å². The largest absolute Gasteiger partial charge is 0.477 e. The molecule has 94 valence electrons. The number of rotatable bonds is 5. The number of aryl methyl sites for hydroxylation is 1.